The van der Waals surface area contributed by atoms with Crippen molar-refractivity contribution in [2.45, 2.75) is 52.9 Å². The topological polar surface area (TPSA) is 17.1 Å². The van der Waals surface area contributed by atoms with Gasteiger partial charge in [0, 0.05) is 5.56 Å². The lowest BCUT2D eigenvalue weighted by atomic mass is 9.97. The Hall–Kier alpha value is -0.820. The SMILES string of the molecule is Cc1cccc(CCCCCC(C)C)c1C(=O)Cl. The van der Waals surface area contributed by atoms with Crippen LogP contribution in [-0.2, 0) is 6.42 Å². The molecule has 1 aromatic carbocycles. The van der Waals surface area contributed by atoms with Crippen LogP contribution in [0, 0.1) is 12.8 Å². The van der Waals surface area contributed by atoms with Crippen molar-refractivity contribution in [3.8, 4) is 0 Å². The summed E-state index contributed by atoms with van der Waals surface area (Å²) in [6, 6.07) is 5.96. The molecule has 1 aromatic rings. The highest BCUT2D eigenvalue weighted by Gasteiger charge is 2.11. The summed E-state index contributed by atoms with van der Waals surface area (Å²) >= 11 is 5.66. The van der Waals surface area contributed by atoms with Crippen LogP contribution >= 0.6 is 11.6 Å². The zero-order valence-electron chi connectivity index (χ0n) is 11.6. The number of hydrogen-bond acceptors (Lipinski definition) is 1. The smallest absolute Gasteiger partial charge is 0.252 e. The van der Waals surface area contributed by atoms with E-state index >= 15 is 0 Å². The van der Waals surface area contributed by atoms with Crippen molar-refractivity contribution < 1.29 is 4.79 Å². The summed E-state index contributed by atoms with van der Waals surface area (Å²) in [6.07, 6.45) is 5.87. The lowest BCUT2D eigenvalue weighted by molar-refractivity contribution is 0.108. The van der Waals surface area contributed by atoms with E-state index < -0.39 is 0 Å². The molecule has 0 bridgehead atoms. The lowest BCUT2D eigenvalue weighted by Gasteiger charge is -2.09. The van der Waals surface area contributed by atoms with Crippen LogP contribution in [0.3, 0.4) is 0 Å². The Bertz CT molecular complexity index is 396. The molecule has 0 heterocycles. The van der Waals surface area contributed by atoms with Gasteiger partial charge in [-0.15, -0.1) is 0 Å². The van der Waals surface area contributed by atoms with Gasteiger partial charge in [0.15, 0.2) is 0 Å². The fraction of sp³-hybridized carbons (Fsp3) is 0.562. The predicted molar refractivity (Wildman–Crippen MR) is 78.4 cm³/mol. The van der Waals surface area contributed by atoms with Gasteiger partial charge in [-0.25, -0.2) is 0 Å². The number of benzene rings is 1. The second-order valence-corrected chi connectivity index (χ2v) is 5.72. The van der Waals surface area contributed by atoms with E-state index in [2.05, 4.69) is 13.8 Å². The maximum absolute atomic E-state index is 11.4. The molecule has 0 radical (unpaired) electrons. The van der Waals surface area contributed by atoms with Crippen molar-refractivity contribution in [1.29, 1.82) is 0 Å². The monoisotopic (exact) mass is 266 g/mol. The fourth-order valence-corrected chi connectivity index (χ4v) is 2.53. The third-order valence-electron chi connectivity index (χ3n) is 3.28. The fourth-order valence-electron chi connectivity index (χ4n) is 2.26. The van der Waals surface area contributed by atoms with Gasteiger partial charge in [-0.3, -0.25) is 4.79 Å². The summed E-state index contributed by atoms with van der Waals surface area (Å²) in [4.78, 5) is 11.4. The molecule has 0 unspecified atom stereocenters. The summed E-state index contributed by atoms with van der Waals surface area (Å²) < 4.78 is 0. The highest BCUT2D eigenvalue weighted by molar-refractivity contribution is 6.68. The first kappa shape index (κ1) is 15.2. The lowest BCUT2D eigenvalue weighted by Crippen LogP contribution is -2.01. The van der Waals surface area contributed by atoms with Gasteiger partial charge >= 0.3 is 0 Å². The number of carbonyl (C=O) groups excluding carboxylic acids is 1. The molecular weight excluding hydrogens is 244 g/mol. The molecular formula is C16H23ClO. The Kier molecular flexibility index (Phi) is 6.42. The van der Waals surface area contributed by atoms with Gasteiger partial charge in [-0.05, 0) is 48.4 Å². The first-order valence-electron chi connectivity index (χ1n) is 6.80. The van der Waals surface area contributed by atoms with Crippen LogP contribution < -0.4 is 0 Å². The van der Waals surface area contributed by atoms with Crippen LogP contribution in [0.25, 0.3) is 0 Å². The number of carbonyl (C=O) groups is 1. The van der Waals surface area contributed by atoms with Crippen molar-refractivity contribution in [2.75, 3.05) is 0 Å². The molecule has 0 fully saturated rings. The van der Waals surface area contributed by atoms with Gasteiger partial charge in [-0.1, -0.05) is 51.3 Å². The minimum Gasteiger partial charge on any atom is -0.276 e. The van der Waals surface area contributed by atoms with E-state index in [0.717, 1.165) is 29.9 Å². The van der Waals surface area contributed by atoms with E-state index in [0.29, 0.717) is 5.56 Å². The molecule has 0 spiro atoms. The van der Waals surface area contributed by atoms with E-state index in [1.54, 1.807) is 0 Å². The minimum absolute atomic E-state index is 0.328. The molecule has 0 amide bonds. The van der Waals surface area contributed by atoms with E-state index in [1.807, 2.05) is 25.1 Å². The molecule has 0 atom stereocenters. The normalized spacial score (nSPS) is 10.9. The van der Waals surface area contributed by atoms with Crippen LogP contribution in [0.5, 0.6) is 0 Å². The first-order valence-corrected chi connectivity index (χ1v) is 7.18. The van der Waals surface area contributed by atoms with Crippen molar-refractivity contribution in [3.05, 3.63) is 34.9 Å². The van der Waals surface area contributed by atoms with E-state index in [-0.39, 0.29) is 5.24 Å². The average Bonchev–Trinajstić information content (AvgIpc) is 2.27. The third-order valence-corrected chi connectivity index (χ3v) is 3.47. The Balaban J connectivity index is 2.52. The molecule has 0 aliphatic rings. The molecule has 0 aliphatic carbocycles. The van der Waals surface area contributed by atoms with Crippen molar-refractivity contribution in [1.82, 2.24) is 0 Å². The number of unbranched alkanes of at least 4 members (excludes halogenated alkanes) is 2. The van der Waals surface area contributed by atoms with Crippen molar-refractivity contribution in [3.63, 3.8) is 0 Å². The van der Waals surface area contributed by atoms with Gasteiger partial charge < -0.3 is 0 Å². The van der Waals surface area contributed by atoms with Gasteiger partial charge in [0.2, 0.25) is 0 Å². The van der Waals surface area contributed by atoms with Crippen LogP contribution in [-0.4, -0.2) is 5.24 Å². The molecule has 100 valence electrons. The molecule has 1 nitrogen and oxygen atoms in total. The Morgan fingerprint density at radius 3 is 2.56 bits per heavy atom. The Morgan fingerprint density at radius 2 is 1.94 bits per heavy atom. The Labute approximate surface area is 116 Å². The molecule has 0 saturated carbocycles. The van der Waals surface area contributed by atoms with Gasteiger partial charge in [0.25, 0.3) is 5.24 Å². The quantitative estimate of drug-likeness (QED) is 0.494. The predicted octanol–water partition coefficient (Wildman–Crippen LogP) is 5.13. The average molecular weight is 267 g/mol. The maximum atomic E-state index is 11.4. The van der Waals surface area contributed by atoms with Crippen molar-refractivity contribution in [2.24, 2.45) is 5.92 Å². The van der Waals surface area contributed by atoms with Gasteiger partial charge in [0.1, 0.15) is 0 Å². The zero-order chi connectivity index (χ0) is 13.5. The van der Waals surface area contributed by atoms with E-state index in [1.165, 1.54) is 19.3 Å². The number of halogens is 1. The summed E-state index contributed by atoms with van der Waals surface area (Å²) in [6.45, 7) is 6.45. The summed E-state index contributed by atoms with van der Waals surface area (Å²) in [5.41, 5.74) is 2.79. The second kappa shape index (κ2) is 7.58. The summed E-state index contributed by atoms with van der Waals surface area (Å²) in [7, 11) is 0. The van der Waals surface area contributed by atoms with Gasteiger partial charge in [-0.2, -0.15) is 0 Å². The van der Waals surface area contributed by atoms with Crippen LogP contribution in [0.15, 0.2) is 18.2 Å². The molecule has 0 saturated heterocycles. The number of hydrogen-bond donors (Lipinski definition) is 0. The molecule has 2 heteroatoms. The standard InChI is InChI=1S/C16H23ClO/c1-12(2)8-5-4-6-10-14-11-7-9-13(3)15(14)16(17)18/h7,9,11-12H,4-6,8,10H2,1-3H3. The Morgan fingerprint density at radius 1 is 1.22 bits per heavy atom. The highest BCUT2D eigenvalue weighted by atomic mass is 35.5. The summed E-state index contributed by atoms with van der Waals surface area (Å²) in [5, 5.41) is -0.328. The maximum Gasteiger partial charge on any atom is 0.252 e. The van der Waals surface area contributed by atoms with E-state index in [9.17, 15) is 4.79 Å². The molecule has 0 N–H and O–H groups in total. The highest BCUT2D eigenvalue weighted by Crippen LogP contribution is 2.19. The first-order chi connectivity index (χ1) is 8.52. The van der Waals surface area contributed by atoms with E-state index in [4.69, 9.17) is 11.6 Å². The van der Waals surface area contributed by atoms with Crippen LogP contribution in [0.4, 0.5) is 0 Å². The second-order valence-electron chi connectivity index (χ2n) is 5.38. The minimum atomic E-state index is -0.328. The molecule has 1 rings (SSSR count). The van der Waals surface area contributed by atoms with Crippen LogP contribution in [0.1, 0.15) is 61.0 Å². The summed E-state index contributed by atoms with van der Waals surface area (Å²) in [5.74, 6) is 0.781. The van der Waals surface area contributed by atoms with Crippen LogP contribution in [0.2, 0.25) is 0 Å². The zero-order valence-corrected chi connectivity index (χ0v) is 12.4. The molecule has 0 aliphatic heterocycles. The number of aryl methyl sites for hydroxylation is 2. The van der Waals surface area contributed by atoms with Crippen molar-refractivity contribution >= 4 is 16.8 Å². The number of rotatable bonds is 7. The molecule has 18 heavy (non-hydrogen) atoms. The molecule has 0 aromatic heterocycles. The third kappa shape index (κ3) is 4.81. The largest absolute Gasteiger partial charge is 0.276 e. The van der Waals surface area contributed by atoms with Gasteiger partial charge in [0.05, 0.1) is 0 Å².